The van der Waals surface area contributed by atoms with Gasteiger partial charge in [-0.3, -0.25) is 14.3 Å². The Labute approximate surface area is 113 Å². The molecule has 0 saturated carbocycles. The van der Waals surface area contributed by atoms with Crippen molar-refractivity contribution in [2.45, 2.75) is 24.5 Å². The van der Waals surface area contributed by atoms with Gasteiger partial charge in [0.15, 0.2) is 6.23 Å². The van der Waals surface area contributed by atoms with Crippen LogP contribution < -0.4 is 11.2 Å². The molecule has 8 nitrogen and oxygen atoms in total. The predicted octanol–water partition coefficient (Wildman–Crippen LogP) is -1.64. The van der Waals surface area contributed by atoms with Crippen molar-refractivity contribution in [3.63, 3.8) is 0 Å². The van der Waals surface area contributed by atoms with Crippen LogP contribution in [0.3, 0.4) is 0 Å². The van der Waals surface area contributed by atoms with Crippen molar-refractivity contribution < 1.29 is 19.7 Å². The fraction of sp³-hybridized carbons (Fsp3) is 0.500. The molecular formula is C12H16N2O6. The van der Waals surface area contributed by atoms with E-state index in [1.807, 2.05) is 0 Å². The predicted molar refractivity (Wildman–Crippen MR) is 68.3 cm³/mol. The van der Waals surface area contributed by atoms with Crippen LogP contribution in [-0.2, 0) is 9.47 Å². The lowest BCUT2D eigenvalue weighted by atomic mass is 10.1. The molecule has 20 heavy (non-hydrogen) atoms. The average molecular weight is 284 g/mol. The van der Waals surface area contributed by atoms with Crippen molar-refractivity contribution in [1.82, 2.24) is 9.55 Å². The number of rotatable bonds is 5. The zero-order chi connectivity index (χ0) is 14.7. The van der Waals surface area contributed by atoms with E-state index in [-0.39, 0.29) is 6.61 Å². The summed E-state index contributed by atoms with van der Waals surface area (Å²) in [6.07, 6.45) is -1.01. The van der Waals surface area contributed by atoms with Gasteiger partial charge >= 0.3 is 5.69 Å². The van der Waals surface area contributed by atoms with Gasteiger partial charge in [0.25, 0.3) is 5.56 Å². The molecule has 2 heterocycles. The second-order valence-electron chi connectivity index (χ2n) is 4.34. The van der Waals surface area contributed by atoms with E-state index in [9.17, 15) is 14.7 Å². The number of ether oxygens (including phenoxy) is 2. The van der Waals surface area contributed by atoms with Gasteiger partial charge in [0, 0.05) is 12.3 Å². The molecule has 3 N–H and O–H groups in total. The third kappa shape index (κ3) is 2.73. The van der Waals surface area contributed by atoms with Crippen LogP contribution >= 0.6 is 0 Å². The van der Waals surface area contributed by atoms with E-state index in [0.717, 1.165) is 10.6 Å². The third-order valence-electron chi connectivity index (χ3n) is 3.02. The van der Waals surface area contributed by atoms with E-state index in [1.54, 1.807) is 0 Å². The molecule has 1 aliphatic rings. The number of aromatic amines is 1. The van der Waals surface area contributed by atoms with Crippen LogP contribution in [0.15, 0.2) is 34.5 Å². The van der Waals surface area contributed by atoms with Crippen LogP contribution in [-0.4, -0.2) is 51.3 Å². The molecule has 0 amide bonds. The molecule has 1 fully saturated rings. The average Bonchev–Trinajstić information content (AvgIpc) is 2.73. The first kappa shape index (κ1) is 14.7. The molecule has 1 aromatic rings. The maximum absolute atomic E-state index is 11.8. The molecule has 4 atom stereocenters. The van der Waals surface area contributed by atoms with Crippen molar-refractivity contribution in [2.75, 3.05) is 13.2 Å². The Kier molecular flexibility index (Phi) is 4.50. The second-order valence-corrected chi connectivity index (χ2v) is 4.34. The standard InChI is InChI=1S/C12H16N2O6/c1-2-5-19-10-9(17)7(6-15)20-11(10)14-4-3-8(16)13-12(14)18/h2-4,7,9-11,15,17H,1,5-6H2,(H,13,16,18)/t7-,9?,10?,11-/m1/s1. The van der Waals surface area contributed by atoms with Gasteiger partial charge in [-0.15, -0.1) is 6.58 Å². The molecule has 0 aromatic carbocycles. The number of H-pyrrole nitrogens is 1. The molecule has 0 spiro atoms. The Bertz CT molecular complexity index is 580. The smallest absolute Gasteiger partial charge is 0.330 e. The highest BCUT2D eigenvalue weighted by atomic mass is 16.6. The normalized spacial score (nSPS) is 29.5. The van der Waals surface area contributed by atoms with Crippen LogP contribution in [0.5, 0.6) is 0 Å². The summed E-state index contributed by atoms with van der Waals surface area (Å²) in [5.41, 5.74) is -1.22. The van der Waals surface area contributed by atoms with E-state index in [2.05, 4.69) is 11.6 Å². The minimum atomic E-state index is -1.09. The first-order chi connectivity index (χ1) is 9.58. The number of hydrogen-bond acceptors (Lipinski definition) is 6. The highest BCUT2D eigenvalue weighted by Crippen LogP contribution is 2.30. The summed E-state index contributed by atoms with van der Waals surface area (Å²) in [5.74, 6) is 0. The molecule has 2 rings (SSSR count). The summed E-state index contributed by atoms with van der Waals surface area (Å²) in [6.45, 7) is 3.24. The lowest BCUT2D eigenvalue weighted by Crippen LogP contribution is -2.39. The van der Waals surface area contributed by atoms with E-state index >= 15 is 0 Å². The Morgan fingerprint density at radius 2 is 2.30 bits per heavy atom. The molecule has 1 aromatic heterocycles. The lowest BCUT2D eigenvalue weighted by molar-refractivity contribution is -0.0686. The van der Waals surface area contributed by atoms with Gasteiger partial charge in [-0.1, -0.05) is 6.08 Å². The van der Waals surface area contributed by atoms with Gasteiger partial charge < -0.3 is 19.7 Å². The van der Waals surface area contributed by atoms with Crippen molar-refractivity contribution in [3.05, 3.63) is 45.8 Å². The molecule has 110 valence electrons. The second kappa shape index (κ2) is 6.14. The van der Waals surface area contributed by atoms with E-state index < -0.39 is 42.4 Å². The van der Waals surface area contributed by atoms with Gasteiger partial charge in [0.05, 0.1) is 13.2 Å². The third-order valence-corrected chi connectivity index (χ3v) is 3.02. The van der Waals surface area contributed by atoms with Crippen LogP contribution in [0.2, 0.25) is 0 Å². The Hall–Kier alpha value is -1.74. The van der Waals surface area contributed by atoms with Crippen LogP contribution in [0, 0.1) is 0 Å². The van der Waals surface area contributed by atoms with Crippen LogP contribution in [0.25, 0.3) is 0 Å². The molecule has 2 unspecified atom stereocenters. The highest BCUT2D eigenvalue weighted by molar-refractivity contribution is 4.94. The summed E-state index contributed by atoms with van der Waals surface area (Å²) >= 11 is 0. The Morgan fingerprint density at radius 1 is 1.55 bits per heavy atom. The monoisotopic (exact) mass is 284 g/mol. The largest absolute Gasteiger partial charge is 0.394 e. The number of nitrogens with zero attached hydrogens (tertiary/aromatic N) is 1. The maximum atomic E-state index is 11.8. The van der Waals surface area contributed by atoms with Crippen molar-refractivity contribution in [3.8, 4) is 0 Å². The first-order valence-electron chi connectivity index (χ1n) is 6.07. The number of nitrogens with one attached hydrogen (secondary N) is 1. The molecule has 1 aliphatic heterocycles. The minimum Gasteiger partial charge on any atom is -0.394 e. The van der Waals surface area contributed by atoms with Crippen molar-refractivity contribution in [1.29, 1.82) is 0 Å². The summed E-state index contributed by atoms with van der Waals surface area (Å²) in [6, 6.07) is 1.16. The van der Waals surface area contributed by atoms with Gasteiger partial charge in [-0.05, 0) is 0 Å². The molecular weight excluding hydrogens is 268 g/mol. The lowest BCUT2D eigenvalue weighted by Gasteiger charge is -2.21. The molecule has 0 radical (unpaired) electrons. The number of aromatic nitrogens is 2. The zero-order valence-electron chi connectivity index (χ0n) is 10.6. The van der Waals surface area contributed by atoms with Gasteiger partial charge in [-0.25, -0.2) is 4.79 Å². The number of aliphatic hydroxyl groups is 2. The highest BCUT2D eigenvalue weighted by Gasteiger charge is 2.45. The fourth-order valence-corrected chi connectivity index (χ4v) is 2.08. The summed E-state index contributed by atoms with van der Waals surface area (Å²) < 4.78 is 11.9. The molecule has 1 saturated heterocycles. The topological polar surface area (TPSA) is 114 Å². The summed E-state index contributed by atoms with van der Waals surface area (Å²) in [5, 5.41) is 19.2. The molecule has 0 aliphatic carbocycles. The van der Waals surface area contributed by atoms with E-state index in [0.29, 0.717) is 0 Å². The Balaban J connectivity index is 2.33. The zero-order valence-corrected chi connectivity index (χ0v) is 10.6. The first-order valence-corrected chi connectivity index (χ1v) is 6.07. The SMILES string of the molecule is C=CCOC1C(O)[C@@H](CO)O[C@H]1n1ccc(=O)[nH]c1=O. The van der Waals surface area contributed by atoms with Crippen molar-refractivity contribution in [2.24, 2.45) is 0 Å². The quantitative estimate of drug-likeness (QED) is 0.559. The van der Waals surface area contributed by atoms with Gasteiger partial charge in [0.1, 0.15) is 18.3 Å². The van der Waals surface area contributed by atoms with Crippen LogP contribution in [0.1, 0.15) is 6.23 Å². The minimum absolute atomic E-state index is 0.151. The molecule has 0 bridgehead atoms. The summed E-state index contributed by atoms with van der Waals surface area (Å²) in [7, 11) is 0. The van der Waals surface area contributed by atoms with E-state index in [1.165, 1.54) is 12.3 Å². The van der Waals surface area contributed by atoms with Gasteiger partial charge in [0.2, 0.25) is 0 Å². The van der Waals surface area contributed by atoms with Crippen molar-refractivity contribution >= 4 is 0 Å². The van der Waals surface area contributed by atoms with Gasteiger partial charge in [-0.2, -0.15) is 0 Å². The Morgan fingerprint density at radius 3 is 2.90 bits per heavy atom. The van der Waals surface area contributed by atoms with Crippen LogP contribution in [0.4, 0.5) is 0 Å². The number of aliphatic hydroxyl groups excluding tert-OH is 2. The number of hydrogen-bond donors (Lipinski definition) is 3. The fourth-order valence-electron chi connectivity index (χ4n) is 2.08. The maximum Gasteiger partial charge on any atom is 0.330 e. The van der Waals surface area contributed by atoms with E-state index in [4.69, 9.17) is 14.6 Å². The summed E-state index contributed by atoms with van der Waals surface area (Å²) in [4.78, 5) is 24.9. The molecule has 8 heteroatoms.